The highest BCUT2D eigenvalue weighted by atomic mass is 19.1. The van der Waals surface area contributed by atoms with E-state index in [1.54, 1.807) is 12.1 Å². The highest BCUT2D eigenvalue weighted by molar-refractivity contribution is 5.52. The Hall–Kier alpha value is -1.79. The minimum Gasteiger partial charge on any atom is -0.334 e. The first-order chi connectivity index (χ1) is 10.1. The lowest BCUT2D eigenvalue weighted by molar-refractivity contribution is 0.161. The molecule has 0 bridgehead atoms. The first-order valence-electron chi connectivity index (χ1n) is 7.17. The monoisotopic (exact) mass is 290 g/mol. The van der Waals surface area contributed by atoms with Gasteiger partial charge in [-0.1, -0.05) is 5.16 Å². The summed E-state index contributed by atoms with van der Waals surface area (Å²) in [5, 5.41) is 7.51. The van der Waals surface area contributed by atoms with Gasteiger partial charge < -0.3 is 9.84 Å². The average Bonchev–Trinajstić information content (AvgIpc) is 2.87. The van der Waals surface area contributed by atoms with Crippen LogP contribution in [0.5, 0.6) is 0 Å². The zero-order valence-corrected chi connectivity index (χ0v) is 12.2. The Morgan fingerprint density at radius 3 is 2.57 bits per heavy atom. The molecule has 21 heavy (non-hydrogen) atoms. The summed E-state index contributed by atoms with van der Waals surface area (Å²) in [5.41, 5.74) is 0.734. The van der Waals surface area contributed by atoms with Gasteiger partial charge in [0.2, 0.25) is 0 Å². The molecule has 2 heterocycles. The number of halogens is 1. The van der Waals surface area contributed by atoms with Gasteiger partial charge in [-0.25, -0.2) is 4.39 Å². The van der Waals surface area contributed by atoms with Crippen LogP contribution in [0.25, 0.3) is 11.5 Å². The van der Waals surface area contributed by atoms with Gasteiger partial charge in [-0.3, -0.25) is 4.90 Å². The summed E-state index contributed by atoms with van der Waals surface area (Å²) < 4.78 is 18.2. The van der Waals surface area contributed by atoms with E-state index in [1.165, 1.54) is 12.1 Å². The molecule has 5 nitrogen and oxygen atoms in total. The van der Waals surface area contributed by atoms with Crippen molar-refractivity contribution >= 4 is 0 Å². The molecule has 0 saturated carbocycles. The quantitative estimate of drug-likeness (QED) is 0.937. The van der Waals surface area contributed by atoms with Gasteiger partial charge in [0, 0.05) is 30.7 Å². The summed E-state index contributed by atoms with van der Waals surface area (Å²) in [6.07, 6.45) is 0. The Balaban J connectivity index is 1.69. The lowest BCUT2D eigenvalue weighted by atomic mass is 10.1. The van der Waals surface area contributed by atoms with Crippen LogP contribution >= 0.6 is 0 Å². The van der Waals surface area contributed by atoms with Crippen LogP contribution < -0.4 is 5.32 Å². The van der Waals surface area contributed by atoms with Gasteiger partial charge in [0.05, 0.1) is 6.54 Å². The number of nitrogens with zero attached hydrogens (tertiary/aromatic N) is 3. The number of nitrogens with one attached hydrogen (secondary N) is 1. The lowest BCUT2D eigenvalue weighted by Crippen LogP contribution is -2.53. The number of benzene rings is 1. The second kappa shape index (κ2) is 5.91. The van der Waals surface area contributed by atoms with Crippen LogP contribution in [-0.4, -0.2) is 40.2 Å². The van der Waals surface area contributed by atoms with E-state index in [4.69, 9.17) is 4.52 Å². The van der Waals surface area contributed by atoms with Gasteiger partial charge in [-0.05, 0) is 38.1 Å². The average molecular weight is 290 g/mol. The number of hydrogen-bond acceptors (Lipinski definition) is 5. The van der Waals surface area contributed by atoms with Crippen molar-refractivity contribution in [2.75, 3.05) is 13.1 Å². The van der Waals surface area contributed by atoms with Crippen molar-refractivity contribution in [3.8, 4) is 11.5 Å². The topological polar surface area (TPSA) is 54.2 Å². The SMILES string of the molecule is CC1CN(Cc2noc(-c3ccc(F)cc3)n2)CC(C)N1. The van der Waals surface area contributed by atoms with Crippen molar-refractivity contribution in [2.24, 2.45) is 0 Å². The minimum atomic E-state index is -0.276. The van der Waals surface area contributed by atoms with Crippen LogP contribution in [0, 0.1) is 5.82 Å². The molecule has 1 N–H and O–H groups in total. The third-order valence-electron chi connectivity index (χ3n) is 3.56. The van der Waals surface area contributed by atoms with E-state index in [2.05, 4.69) is 34.2 Å². The van der Waals surface area contributed by atoms with Crippen molar-refractivity contribution in [3.05, 3.63) is 35.9 Å². The van der Waals surface area contributed by atoms with E-state index in [-0.39, 0.29) is 5.82 Å². The summed E-state index contributed by atoms with van der Waals surface area (Å²) in [4.78, 5) is 6.70. The van der Waals surface area contributed by atoms with Crippen LogP contribution in [0.3, 0.4) is 0 Å². The standard InChI is InChI=1S/C15H19FN4O/c1-10-7-20(8-11(2)17-10)9-14-18-15(21-19-14)12-3-5-13(16)6-4-12/h3-6,10-11,17H,7-9H2,1-2H3. The van der Waals surface area contributed by atoms with Crippen molar-refractivity contribution in [1.82, 2.24) is 20.4 Å². The van der Waals surface area contributed by atoms with Crippen LogP contribution in [0.2, 0.25) is 0 Å². The van der Waals surface area contributed by atoms with E-state index in [9.17, 15) is 4.39 Å². The van der Waals surface area contributed by atoms with Crippen LogP contribution in [0.15, 0.2) is 28.8 Å². The Kier molecular flexibility index (Phi) is 3.98. The number of rotatable bonds is 3. The molecule has 1 aliphatic heterocycles. The van der Waals surface area contributed by atoms with Gasteiger partial charge in [-0.2, -0.15) is 4.98 Å². The van der Waals surface area contributed by atoms with Gasteiger partial charge in [-0.15, -0.1) is 0 Å². The van der Waals surface area contributed by atoms with Gasteiger partial charge in [0.25, 0.3) is 5.89 Å². The molecule has 1 aromatic carbocycles. The third-order valence-corrected chi connectivity index (χ3v) is 3.56. The van der Waals surface area contributed by atoms with Crippen LogP contribution in [0.4, 0.5) is 4.39 Å². The Morgan fingerprint density at radius 2 is 1.90 bits per heavy atom. The summed E-state index contributed by atoms with van der Waals surface area (Å²) >= 11 is 0. The molecule has 1 saturated heterocycles. The van der Waals surface area contributed by atoms with E-state index < -0.39 is 0 Å². The summed E-state index contributed by atoms with van der Waals surface area (Å²) in [5.74, 6) is 0.819. The van der Waals surface area contributed by atoms with Crippen molar-refractivity contribution in [1.29, 1.82) is 0 Å². The molecule has 3 rings (SSSR count). The molecule has 1 fully saturated rings. The molecule has 112 valence electrons. The Bertz CT molecular complexity index is 588. The molecule has 0 amide bonds. The molecule has 0 radical (unpaired) electrons. The Morgan fingerprint density at radius 1 is 1.24 bits per heavy atom. The van der Waals surface area contributed by atoms with Gasteiger partial charge >= 0.3 is 0 Å². The fraction of sp³-hybridized carbons (Fsp3) is 0.467. The molecule has 2 aromatic rings. The fourth-order valence-corrected chi connectivity index (χ4v) is 2.80. The van der Waals surface area contributed by atoms with Crippen molar-refractivity contribution in [2.45, 2.75) is 32.5 Å². The molecule has 2 atom stereocenters. The molecular formula is C15H19FN4O. The smallest absolute Gasteiger partial charge is 0.257 e. The zero-order chi connectivity index (χ0) is 14.8. The molecule has 0 aliphatic carbocycles. The molecule has 0 spiro atoms. The number of aromatic nitrogens is 2. The second-order valence-electron chi connectivity index (χ2n) is 5.69. The molecular weight excluding hydrogens is 271 g/mol. The zero-order valence-electron chi connectivity index (χ0n) is 12.2. The first kappa shape index (κ1) is 14.2. The first-order valence-corrected chi connectivity index (χ1v) is 7.17. The highest BCUT2D eigenvalue weighted by Crippen LogP contribution is 2.18. The molecule has 6 heteroatoms. The molecule has 1 aliphatic rings. The second-order valence-corrected chi connectivity index (χ2v) is 5.69. The van der Waals surface area contributed by atoms with Gasteiger partial charge in [0.15, 0.2) is 5.82 Å². The van der Waals surface area contributed by atoms with Crippen LogP contribution in [-0.2, 0) is 6.54 Å². The third kappa shape index (κ3) is 3.46. The normalized spacial score (nSPS) is 23.4. The van der Waals surface area contributed by atoms with E-state index in [1.807, 2.05) is 0 Å². The van der Waals surface area contributed by atoms with E-state index in [0.717, 1.165) is 18.7 Å². The number of hydrogen-bond donors (Lipinski definition) is 1. The van der Waals surface area contributed by atoms with E-state index in [0.29, 0.717) is 30.3 Å². The summed E-state index contributed by atoms with van der Waals surface area (Å²) in [6.45, 7) is 6.93. The molecule has 1 aromatic heterocycles. The Labute approximate surface area is 123 Å². The van der Waals surface area contributed by atoms with E-state index >= 15 is 0 Å². The van der Waals surface area contributed by atoms with Crippen molar-refractivity contribution < 1.29 is 8.91 Å². The lowest BCUT2D eigenvalue weighted by Gasteiger charge is -2.35. The summed E-state index contributed by atoms with van der Waals surface area (Å²) in [6, 6.07) is 6.97. The maximum Gasteiger partial charge on any atom is 0.257 e. The molecule has 2 unspecified atom stereocenters. The van der Waals surface area contributed by atoms with Gasteiger partial charge in [0.1, 0.15) is 5.82 Å². The van der Waals surface area contributed by atoms with Crippen molar-refractivity contribution in [3.63, 3.8) is 0 Å². The minimum absolute atomic E-state index is 0.276. The predicted molar refractivity (Wildman–Crippen MR) is 77.0 cm³/mol. The van der Waals surface area contributed by atoms with Crippen LogP contribution in [0.1, 0.15) is 19.7 Å². The highest BCUT2D eigenvalue weighted by Gasteiger charge is 2.22. The largest absolute Gasteiger partial charge is 0.334 e. The predicted octanol–water partition coefficient (Wildman–Crippen LogP) is 2.06. The maximum atomic E-state index is 12.9. The summed E-state index contributed by atoms with van der Waals surface area (Å²) in [7, 11) is 0. The number of piperazine rings is 1. The maximum absolute atomic E-state index is 12.9. The fourth-order valence-electron chi connectivity index (χ4n) is 2.80.